The molecule has 2 rings (SSSR count). The van der Waals surface area contributed by atoms with E-state index in [0.29, 0.717) is 10.9 Å². The molecule has 25 heavy (non-hydrogen) atoms. The first-order chi connectivity index (χ1) is 12.0. The zero-order valence-electron chi connectivity index (χ0n) is 13.7. The quantitative estimate of drug-likeness (QED) is 0.490. The number of ether oxygens (including phenoxy) is 1. The lowest BCUT2D eigenvalue weighted by atomic mass is 10.0. The van der Waals surface area contributed by atoms with Crippen LogP contribution in [0.5, 0.6) is 0 Å². The third-order valence-corrected chi connectivity index (χ3v) is 5.77. The highest BCUT2D eigenvalue weighted by atomic mass is 79.9. The van der Waals surface area contributed by atoms with Crippen molar-refractivity contribution in [1.29, 1.82) is 0 Å². The van der Waals surface area contributed by atoms with Crippen LogP contribution in [0.1, 0.15) is 17.3 Å². The topological polar surface area (TPSA) is 55.4 Å². The Morgan fingerprint density at radius 2 is 1.64 bits per heavy atom. The molecule has 0 bridgehead atoms. The number of hydrogen-bond donors (Lipinski definition) is 1. The first-order valence-electron chi connectivity index (χ1n) is 7.84. The van der Waals surface area contributed by atoms with Crippen molar-refractivity contribution < 1.29 is 14.3 Å². The van der Waals surface area contributed by atoms with Gasteiger partial charge in [0.05, 0.1) is 4.83 Å². The highest BCUT2D eigenvalue weighted by Crippen LogP contribution is 2.19. The van der Waals surface area contributed by atoms with Crippen molar-refractivity contribution in [2.24, 2.45) is 0 Å². The number of halogens is 2. The largest absolute Gasteiger partial charge is 0.463 e. The van der Waals surface area contributed by atoms with Gasteiger partial charge in [-0.1, -0.05) is 74.3 Å². The van der Waals surface area contributed by atoms with E-state index in [-0.39, 0.29) is 17.3 Å². The van der Waals surface area contributed by atoms with Gasteiger partial charge in [0.2, 0.25) is 0 Å². The van der Waals surface area contributed by atoms with Crippen LogP contribution in [0.2, 0.25) is 0 Å². The van der Waals surface area contributed by atoms with Gasteiger partial charge in [-0.3, -0.25) is 4.79 Å². The number of benzene rings is 2. The standard InChI is InChI=1S/C19H19Br2NO3/c1-13(19(24)25-12-17(21)11-20)22-18(23)16-9-7-15(8-10-16)14-5-3-2-4-6-14/h2-10,13,17H,11-12H2,1H3,(H,22,23)/t13-,17-/m0/s1. The Kier molecular flexibility index (Phi) is 7.65. The van der Waals surface area contributed by atoms with E-state index in [1.54, 1.807) is 19.1 Å². The summed E-state index contributed by atoms with van der Waals surface area (Å²) in [5.41, 5.74) is 2.61. The van der Waals surface area contributed by atoms with E-state index < -0.39 is 12.0 Å². The van der Waals surface area contributed by atoms with Gasteiger partial charge >= 0.3 is 5.97 Å². The predicted octanol–water partition coefficient (Wildman–Crippen LogP) is 4.17. The van der Waals surface area contributed by atoms with Crippen molar-refractivity contribution in [3.05, 3.63) is 60.2 Å². The van der Waals surface area contributed by atoms with Crippen LogP contribution in [0.15, 0.2) is 54.6 Å². The molecule has 0 aromatic heterocycles. The highest BCUT2D eigenvalue weighted by Gasteiger charge is 2.19. The molecule has 0 aliphatic rings. The summed E-state index contributed by atoms with van der Waals surface area (Å²) in [5.74, 6) is -0.764. The van der Waals surface area contributed by atoms with E-state index in [4.69, 9.17) is 4.74 Å². The molecule has 0 heterocycles. The Balaban J connectivity index is 1.93. The van der Waals surface area contributed by atoms with E-state index in [0.717, 1.165) is 11.1 Å². The number of carbonyl (C=O) groups is 2. The molecule has 2 aromatic rings. The van der Waals surface area contributed by atoms with E-state index in [9.17, 15) is 9.59 Å². The maximum Gasteiger partial charge on any atom is 0.328 e. The molecule has 1 N–H and O–H groups in total. The Hall–Kier alpha value is -1.66. The molecule has 0 radical (unpaired) electrons. The molecule has 0 aliphatic heterocycles. The zero-order valence-corrected chi connectivity index (χ0v) is 16.9. The van der Waals surface area contributed by atoms with Gasteiger partial charge in [0.25, 0.3) is 5.91 Å². The summed E-state index contributed by atoms with van der Waals surface area (Å²) in [6.07, 6.45) is 0. The molecule has 2 atom stereocenters. The van der Waals surface area contributed by atoms with Crippen LogP contribution in [0.25, 0.3) is 11.1 Å². The number of esters is 1. The molecule has 0 aliphatic carbocycles. The first kappa shape index (κ1) is 19.7. The van der Waals surface area contributed by atoms with Crippen LogP contribution in [0.4, 0.5) is 0 Å². The molecule has 2 aromatic carbocycles. The molecule has 6 heteroatoms. The predicted molar refractivity (Wildman–Crippen MR) is 106 cm³/mol. The van der Waals surface area contributed by atoms with Crippen molar-refractivity contribution in [3.8, 4) is 11.1 Å². The van der Waals surface area contributed by atoms with Crippen molar-refractivity contribution in [2.45, 2.75) is 17.8 Å². The summed E-state index contributed by atoms with van der Waals surface area (Å²) in [6.45, 7) is 1.85. The van der Waals surface area contributed by atoms with Gasteiger partial charge in [0.15, 0.2) is 0 Å². The fourth-order valence-electron chi connectivity index (χ4n) is 2.13. The number of alkyl halides is 2. The van der Waals surface area contributed by atoms with Gasteiger partial charge in [-0.25, -0.2) is 4.79 Å². The second-order valence-corrected chi connectivity index (χ2v) is 7.46. The molecule has 0 saturated heterocycles. The molecule has 0 fully saturated rings. The molecule has 1 amide bonds. The smallest absolute Gasteiger partial charge is 0.328 e. The van der Waals surface area contributed by atoms with Gasteiger partial charge in [0.1, 0.15) is 12.6 Å². The maximum absolute atomic E-state index is 12.3. The Morgan fingerprint density at radius 3 is 2.24 bits per heavy atom. The second kappa shape index (κ2) is 9.73. The van der Waals surface area contributed by atoms with Gasteiger partial charge in [0, 0.05) is 10.9 Å². The number of amides is 1. The molecule has 0 unspecified atom stereocenters. The number of nitrogens with one attached hydrogen (secondary N) is 1. The average Bonchev–Trinajstić information content (AvgIpc) is 2.66. The van der Waals surface area contributed by atoms with Crippen LogP contribution in [-0.4, -0.2) is 34.7 Å². The van der Waals surface area contributed by atoms with Gasteiger partial charge in [-0.15, -0.1) is 0 Å². The van der Waals surface area contributed by atoms with Crippen LogP contribution < -0.4 is 5.32 Å². The van der Waals surface area contributed by atoms with Crippen LogP contribution in [0, 0.1) is 0 Å². The van der Waals surface area contributed by atoms with E-state index in [1.807, 2.05) is 42.5 Å². The Morgan fingerprint density at radius 1 is 1.04 bits per heavy atom. The fourth-order valence-corrected chi connectivity index (χ4v) is 2.44. The third-order valence-electron chi connectivity index (χ3n) is 3.53. The van der Waals surface area contributed by atoms with Gasteiger partial charge < -0.3 is 10.1 Å². The van der Waals surface area contributed by atoms with E-state index >= 15 is 0 Å². The minimum Gasteiger partial charge on any atom is -0.463 e. The zero-order chi connectivity index (χ0) is 18.2. The number of rotatable bonds is 7. The SMILES string of the molecule is C[C@H](NC(=O)c1ccc(-c2ccccc2)cc1)C(=O)OC[C@@H](Br)CBr. The summed E-state index contributed by atoms with van der Waals surface area (Å²) in [6, 6.07) is 16.5. The summed E-state index contributed by atoms with van der Waals surface area (Å²) in [5, 5.41) is 3.33. The minimum atomic E-state index is -0.712. The monoisotopic (exact) mass is 467 g/mol. The normalized spacial score (nSPS) is 12.9. The van der Waals surface area contributed by atoms with Gasteiger partial charge in [-0.2, -0.15) is 0 Å². The van der Waals surface area contributed by atoms with Crippen molar-refractivity contribution >= 4 is 43.7 Å². The summed E-state index contributed by atoms with van der Waals surface area (Å²) < 4.78 is 5.14. The maximum atomic E-state index is 12.3. The molecule has 132 valence electrons. The summed E-state index contributed by atoms with van der Waals surface area (Å²) in [7, 11) is 0. The lowest BCUT2D eigenvalue weighted by molar-refractivity contribution is -0.145. The fraction of sp³-hybridized carbons (Fsp3) is 0.263. The van der Waals surface area contributed by atoms with E-state index in [1.165, 1.54) is 0 Å². The van der Waals surface area contributed by atoms with Crippen LogP contribution >= 0.6 is 31.9 Å². The number of hydrogen-bond acceptors (Lipinski definition) is 3. The molecular weight excluding hydrogens is 450 g/mol. The third kappa shape index (κ3) is 5.97. The van der Waals surface area contributed by atoms with Crippen molar-refractivity contribution in [1.82, 2.24) is 5.32 Å². The van der Waals surface area contributed by atoms with Crippen molar-refractivity contribution in [2.75, 3.05) is 11.9 Å². The Labute approximate surface area is 164 Å². The molecular formula is C19H19Br2NO3. The average molecular weight is 469 g/mol. The summed E-state index contributed by atoms with van der Waals surface area (Å²) >= 11 is 6.64. The van der Waals surface area contributed by atoms with Gasteiger partial charge in [-0.05, 0) is 30.2 Å². The first-order valence-corrected chi connectivity index (χ1v) is 9.88. The second-order valence-electron chi connectivity index (χ2n) is 5.52. The lowest BCUT2D eigenvalue weighted by Crippen LogP contribution is -2.40. The minimum absolute atomic E-state index is 0.0462. The van der Waals surface area contributed by atoms with Crippen LogP contribution in [-0.2, 0) is 9.53 Å². The highest BCUT2D eigenvalue weighted by molar-refractivity contribution is 9.12. The Bertz CT molecular complexity index is 704. The molecule has 4 nitrogen and oxygen atoms in total. The number of carbonyl (C=O) groups excluding carboxylic acids is 2. The molecule has 0 spiro atoms. The van der Waals surface area contributed by atoms with E-state index in [2.05, 4.69) is 37.2 Å². The molecule has 0 saturated carbocycles. The van der Waals surface area contributed by atoms with Crippen molar-refractivity contribution in [3.63, 3.8) is 0 Å². The lowest BCUT2D eigenvalue weighted by Gasteiger charge is -2.15. The van der Waals surface area contributed by atoms with Crippen LogP contribution in [0.3, 0.4) is 0 Å². The summed E-state index contributed by atoms with van der Waals surface area (Å²) in [4.78, 5) is 24.2.